The molecule has 0 spiro atoms. The largest absolute Gasteiger partial charge is 0.490 e. The van der Waals surface area contributed by atoms with Crippen LogP contribution in [0, 0.1) is 6.92 Å². The van der Waals surface area contributed by atoms with Crippen LogP contribution in [-0.4, -0.2) is 118 Å². The van der Waals surface area contributed by atoms with Crippen molar-refractivity contribution >= 4 is 15.5 Å². The third kappa shape index (κ3) is 10.6. The van der Waals surface area contributed by atoms with Crippen molar-refractivity contribution in [1.82, 2.24) is 10.2 Å². The van der Waals surface area contributed by atoms with Crippen molar-refractivity contribution in [3.8, 4) is 5.75 Å². The number of hydrogen-bond donors (Lipinski definition) is 1. The molecule has 0 saturated carbocycles. The van der Waals surface area contributed by atoms with Crippen LogP contribution in [0.25, 0.3) is 0 Å². The van der Waals surface area contributed by atoms with E-state index in [0.29, 0.717) is 51.7 Å². The number of methoxy groups -OCH3 is 1. The molecular weight excluding hydrogens is 707 g/mol. The summed E-state index contributed by atoms with van der Waals surface area (Å²) in [5.74, 6) is 0.695. The number of ether oxygens (including phenoxy) is 6. The molecule has 1 N–H and O–H groups in total. The molecule has 11 nitrogen and oxygen atoms in total. The molecule has 12 heteroatoms. The van der Waals surface area contributed by atoms with Crippen LogP contribution in [0.1, 0.15) is 60.3 Å². The Labute approximate surface area is 322 Å². The Morgan fingerprint density at radius 2 is 1.76 bits per heavy atom. The van der Waals surface area contributed by atoms with Crippen molar-refractivity contribution in [3.05, 3.63) is 89.0 Å². The smallest absolute Gasteiger partial charge is 0.209 e. The van der Waals surface area contributed by atoms with E-state index in [0.717, 1.165) is 80.4 Å². The van der Waals surface area contributed by atoms with Crippen LogP contribution in [0.5, 0.6) is 5.75 Å². The lowest BCUT2D eigenvalue weighted by atomic mass is 9.83. The number of rotatable bonds is 18. The molecule has 3 aliphatic rings. The minimum atomic E-state index is -3.98. The van der Waals surface area contributed by atoms with Gasteiger partial charge in [-0.2, -0.15) is 0 Å². The van der Waals surface area contributed by atoms with Crippen LogP contribution in [0.2, 0.25) is 0 Å². The third-order valence-electron chi connectivity index (χ3n) is 10.6. The van der Waals surface area contributed by atoms with Crippen LogP contribution >= 0.6 is 0 Å². The minimum Gasteiger partial charge on any atom is -0.490 e. The summed E-state index contributed by atoms with van der Waals surface area (Å²) in [7, 11) is -2.28. The lowest BCUT2D eigenvalue weighted by molar-refractivity contribution is -0.0139. The Morgan fingerprint density at radius 3 is 2.50 bits per heavy atom. The van der Waals surface area contributed by atoms with Gasteiger partial charge in [-0.05, 0) is 74.6 Å². The van der Waals surface area contributed by atoms with Crippen molar-refractivity contribution in [2.24, 2.45) is 0 Å². The molecule has 2 unspecified atom stereocenters. The number of sulfone groups is 1. The summed E-state index contributed by atoms with van der Waals surface area (Å²) in [4.78, 5) is 4.93. The van der Waals surface area contributed by atoms with E-state index in [1.807, 2.05) is 51.1 Å². The number of benzene rings is 3. The van der Waals surface area contributed by atoms with Crippen LogP contribution in [0.15, 0.2) is 71.6 Å². The number of aryl methyl sites for hydroxylation is 1. The van der Waals surface area contributed by atoms with Crippen LogP contribution < -0.4 is 15.0 Å². The molecule has 0 bridgehead atoms. The number of fused-ring (bicyclic) bond motifs is 1. The summed E-state index contributed by atoms with van der Waals surface area (Å²) in [6.07, 6.45) is 1.26. The number of nitrogens with one attached hydrogen (secondary N) is 1. The first kappa shape index (κ1) is 40.6. The normalized spacial score (nSPS) is 22.0. The van der Waals surface area contributed by atoms with Gasteiger partial charge in [-0.3, -0.25) is 4.90 Å². The predicted octanol–water partition coefficient (Wildman–Crippen LogP) is 5.51. The molecule has 0 radical (unpaired) electrons. The van der Waals surface area contributed by atoms with Gasteiger partial charge in [0.15, 0.2) is 5.44 Å². The molecule has 3 aromatic rings. The lowest BCUT2D eigenvalue weighted by Crippen LogP contribution is -2.53. The summed E-state index contributed by atoms with van der Waals surface area (Å²) >= 11 is 0. The molecule has 0 aliphatic carbocycles. The van der Waals surface area contributed by atoms with E-state index >= 15 is 0 Å². The van der Waals surface area contributed by atoms with Crippen LogP contribution in [0.3, 0.4) is 0 Å². The first-order valence-corrected chi connectivity index (χ1v) is 21.1. The van der Waals surface area contributed by atoms with Gasteiger partial charge in [0.2, 0.25) is 9.84 Å². The van der Waals surface area contributed by atoms with E-state index in [2.05, 4.69) is 39.4 Å². The SMILES string of the molecule is CCOC(C)COCc1ccc([C@H]2C[C@H](CN3CCOCC3)NC[C@@H]2OC(c2ccc3c(c2)N(CCCOC)CCO3)S(=O)(=O)c2ccc(C)cc2)cc1. The monoisotopic (exact) mass is 765 g/mol. The van der Waals surface area contributed by atoms with Gasteiger partial charge in [0.05, 0.1) is 55.8 Å². The van der Waals surface area contributed by atoms with Crippen LogP contribution in [0.4, 0.5) is 5.69 Å². The lowest BCUT2D eigenvalue weighted by Gasteiger charge is -2.41. The quantitative estimate of drug-likeness (QED) is 0.166. The number of anilines is 1. The molecule has 0 amide bonds. The highest BCUT2D eigenvalue weighted by molar-refractivity contribution is 7.91. The molecule has 3 aliphatic heterocycles. The van der Waals surface area contributed by atoms with Gasteiger partial charge in [-0.1, -0.05) is 48.0 Å². The fourth-order valence-electron chi connectivity index (χ4n) is 7.64. The standard InChI is InChI=1S/C42H59N3O8S/c1-5-51-32(3)29-50-30-33-9-11-34(12-10-33)38-26-36(28-44-18-22-49-23-19-44)43-27-41(38)53-42(54(46,47)37-14-7-31(2)8-15-37)35-13-16-40-39(25-35)45(20-24-52-40)17-6-21-48-4/h7-16,25,32,36,38,41-43H,5-6,17-24,26-30H2,1-4H3/t32?,36-,38-,41+,42?/m1/s1. The second kappa shape index (κ2) is 19.7. The maximum atomic E-state index is 14.7. The van der Waals surface area contributed by atoms with Gasteiger partial charge in [-0.15, -0.1) is 0 Å². The second-order valence-electron chi connectivity index (χ2n) is 14.7. The Hall–Kier alpha value is -3.07. The molecule has 2 fully saturated rings. The molecule has 296 valence electrons. The Morgan fingerprint density at radius 1 is 0.981 bits per heavy atom. The second-order valence-corrected chi connectivity index (χ2v) is 16.6. The molecule has 0 aromatic heterocycles. The van der Waals surface area contributed by atoms with Gasteiger partial charge in [0.25, 0.3) is 0 Å². The molecule has 2 saturated heterocycles. The summed E-state index contributed by atoms with van der Waals surface area (Å²) in [6.45, 7) is 15.0. The fraction of sp³-hybridized carbons (Fsp3) is 0.571. The van der Waals surface area contributed by atoms with Crippen molar-refractivity contribution in [2.75, 3.05) is 90.9 Å². The van der Waals surface area contributed by atoms with E-state index in [-0.39, 0.29) is 23.0 Å². The van der Waals surface area contributed by atoms with Crippen molar-refractivity contribution in [1.29, 1.82) is 0 Å². The van der Waals surface area contributed by atoms with Crippen LogP contribution in [-0.2, 0) is 40.1 Å². The Bertz CT molecular complexity index is 1700. The number of piperidine rings is 1. The highest BCUT2D eigenvalue weighted by Gasteiger charge is 2.39. The van der Waals surface area contributed by atoms with Crippen molar-refractivity contribution < 1.29 is 36.8 Å². The zero-order chi connectivity index (χ0) is 37.9. The number of nitrogens with zero attached hydrogens (tertiary/aromatic N) is 2. The third-order valence-corrected chi connectivity index (χ3v) is 12.5. The fourth-order valence-corrected chi connectivity index (χ4v) is 9.20. The predicted molar refractivity (Wildman–Crippen MR) is 210 cm³/mol. The summed E-state index contributed by atoms with van der Waals surface area (Å²) < 4.78 is 65.0. The molecule has 3 aromatic carbocycles. The minimum absolute atomic E-state index is 0.0378. The average Bonchev–Trinajstić information content (AvgIpc) is 3.18. The van der Waals surface area contributed by atoms with Gasteiger partial charge in [0.1, 0.15) is 12.4 Å². The van der Waals surface area contributed by atoms with Gasteiger partial charge >= 0.3 is 0 Å². The zero-order valence-corrected chi connectivity index (χ0v) is 33.2. The van der Waals surface area contributed by atoms with Gasteiger partial charge in [-0.25, -0.2) is 8.42 Å². The molecule has 6 rings (SSSR count). The molecule has 5 atom stereocenters. The zero-order valence-electron chi connectivity index (χ0n) is 32.4. The Kier molecular flexibility index (Phi) is 14.8. The van der Waals surface area contributed by atoms with Gasteiger partial charge < -0.3 is 38.6 Å². The number of hydrogen-bond acceptors (Lipinski definition) is 11. The molecular formula is C42H59N3O8S. The van der Waals surface area contributed by atoms with E-state index in [9.17, 15) is 8.42 Å². The summed E-state index contributed by atoms with van der Waals surface area (Å²) in [5, 5.41) is 3.74. The van der Waals surface area contributed by atoms with E-state index in [1.165, 1.54) is 0 Å². The molecule has 54 heavy (non-hydrogen) atoms. The van der Waals surface area contributed by atoms with Crippen molar-refractivity contribution in [2.45, 2.75) is 74.7 Å². The summed E-state index contributed by atoms with van der Waals surface area (Å²) in [6, 6.07) is 21.5. The topological polar surface area (TPSA) is 108 Å². The summed E-state index contributed by atoms with van der Waals surface area (Å²) in [5.41, 5.74) is 3.40. The maximum Gasteiger partial charge on any atom is 0.209 e. The van der Waals surface area contributed by atoms with E-state index in [4.69, 9.17) is 28.4 Å². The molecule has 3 heterocycles. The number of morpholine rings is 1. The average molecular weight is 766 g/mol. The Balaban J connectivity index is 1.30. The van der Waals surface area contributed by atoms with Crippen molar-refractivity contribution in [3.63, 3.8) is 0 Å². The van der Waals surface area contributed by atoms with Gasteiger partial charge in [0, 0.05) is 65.0 Å². The maximum absolute atomic E-state index is 14.7. The highest BCUT2D eigenvalue weighted by Crippen LogP contribution is 2.41. The first-order valence-electron chi connectivity index (χ1n) is 19.5. The van der Waals surface area contributed by atoms with E-state index in [1.54, 1.807) is 19.2 Å². The highest BCUT2D eigenvalue weighted by atomic mass is 32.2. The first-order chi connectivity index (χ1) is 26.2. The van der Waals surface area contributed by atoms with E-state index < -0.39 is 21.4 Å².